The number of amidine groups is 1. The van der Waals surface area contributed by atoms with Crippen LogP contribution in [0.4, 0.5) is 4.39 Å². The second-order valence-electron chi connectivity index (χ2n) is 4.14. The summed E-state index contributed by atoms with van der Waals surface area (Å²) in [5, 5.41) is 11.4. The van der Waals surface area contributed by atoms with Gasteiger partial charge in [-0.05, 0) is 37.3 Å². The molecule has 2 aromatic rings. The van der Waals surface area contributed by atoms with Crippen molar-refractivity contribution in [3.63, 3.8) is 0 Å². The lowest BCUT2D eigenvalue weighted by molar-refractivity contribution is 0.318. The van der Waals surface area contributed by atoms with Gasteiger partial charge in [-0.1, -0.05) is 11.2 Å². The van der Waals surface area contributed by atoms with Gasteiger partial charge in [-0.3, -0.25) is 0 Å². The van der Waals surface area contributed by atoms with Crippen LogP contribution in [-0.2, 0) is 0 Å². The Bertz CT molecular complexity index is 659. The molecule has 0 saturated carbocycles. The van der Waals surface area contributed by atoms with E-state index in [2.05, 4.69) is 5.16 Å². The van der Waals surface area contributed by atoms with Crippen molar-refractivity contribution < 1.29 is 19.1 Å². The monoisotopic (exact) mass is 290 g/mol. The minimum atomic E-state index is -0.610. The van der Waals surface area contributed by atoms with Crippen molar-refractivity contribution in [1.29, 1.82) is 0 Å². The summed E-state index contributed by atoms with van der Waals surface area (Å²) in [6.07, 6.45) is 0. The third kappa shape index (κ3) is 3.62. The van der Waals surface area contributed by atoms with Crippen LogP contribution in [0.25, 0.3) is 0 Å². The molecule has 6 heteroatoms. The Labute approximate surface area is 121 Å². The zero-order chi connectivity index (χ0) is 15.2. The van der Waals surface area contributed by atoms with Gasteiger partial charge < -0.3 is 20.4 Å². The topological polar surface area (TPSA) is 77.1 Å². The first-order valence-corrected chi connectivity index (χ1v) is 6.32. The van der Waals surface area contributed by atoms with Crippen molar-refractivity contribution in [2.45, 2.75) is 6.92 Å². The van der Waals surface area contributed by atoms with Gasteiger partial charge in [-0.25, -0.2) is 4.39 Å². The normalized spacial score (nSPS) is 11.2. The molecule has 0 saturated heterocycles. The smallest absolute Gasteiger partial charge is 0.170 e. The van der Waals surface area contributed by atoms with Gasteiger partial charge in [0.15, 0.2) is 17.4 Å². The molecular formula is C15H15FN2O3. The average Bonchev–Trinajstić information content (AvgIpc) is 2.49. The zero-order valence-corrected chi connectivity index (χ0v) is 11.4. The van der Waals surface area contributed by atoms with Crippen molar-refractivity contribution in [3.05, 3.63) is 53.8 Å². The standard InChI is InChI=1S/C15H15FN2O3/c1-2-20-11-4-3-5-12(9-11)21-14-7-6-10(8-13(14)16)15(17)18-19/h3-9,19H,2H2,1H3,(H2,17,18). The predicted octanol–water partition coefficient (Wildman–Crippen LogP) is 3.11. The Morgan fingerprint density at radius 2 is 2.00 bits per heavy atom. The Kier molecular flexibility index (Phi) is 4.61. The highest BCUT2D eigenvalue weighted by atomic mass is 19.1. The minimum absolute atomic E-state index is 0.0399. The summed E-state index contributed by atoms with van der Waals surface area (Å²) in [5.41, 5.74) is 5.66. The third-order valence-corrected chi connectivity index (χ3v) is 2.68. The van der Waals surface area contributed by atoms with Crippen LogP contribution in [-0.4, -0.2) is 17.6 Å². The molecule has 5 nitrogen and oxygen atoms in total. The van der Waals surface area contributed by atoms with Gasteiger partial charge in [-0.2, -0.15) is 0 Å². The lowest BCUT2D eigenvalue weighted by Gasteiger charge is -2.09. The molecule has 0 bridgehead atoms. The van der Waals surface area contributed by atoms with Gasteiger partial charge in [0.1, 0.15) is 11.5 Å². The lowest BCUT2D eigenvalue weighted by Crippen LogP contribution is -2.13. The molecular weight excluding hydrogens is 275 g/mol. The molecule has 2 aromatic carbocycles. The van der Waals surface area contributed by atoms with Gasteiger partial charge in [0.2, 0.25) is 0 Å². The summed E-state index contributed by atoms with van der Waals surface area (Å²) in [6, 6.07) is 10.9. The first-order valence-electron chi connectivity index (χ1n) is 6.32. The van der Waals surface area contributed by atoms with Crippen LogP contribution < -0.4 is 15.2 Å². The molecule has 0 aliphatic carbocycles. The molecule has 3 N–H and O–H groups in total. The number of nitrogens with zero attached hydrogens (tertiary/aromatic N) is 1. The van der Waals surface area contributed by atoms with Crippen molar-refractivity contribution in [3.8, 4) is 17.2 Å². The molecule has 110 valence electrons. The largest absolute Gasteiger partial charge is 0.494 e. The number of oxime groups is 1. The first-order chi connectivity index (χ1) is 10.1. The molecule has 0 amide bonds. The van der Waals surface area contributed by atoms with Crippen molar-refractivity contribution >= 4 is 5.84 Å². The Hall–Kier alpha value is -2.76. The van der Waals surface area contributed by atoms with E-state index >= 15 is 0 Å². The van der Waals surface area contributed by atoms with Crippen LogP contribution in [0.15, 0.2) is 47.6 Å². The molecule has 0 aromatic heterocycles. The van der Waals surface area contributed by atoms with E-state index in [1.54, 1.807) is 24.3 Å². The molecule has 2 rings (SSSR count). The molecule has 0 radical (unpaired) electrons. The van der Waals surface area contributed by atoms with Crippen LogP contribution in [0.1, 0.15) is 12.5 Å². The van der Waals surface area contributed by atoms with Crippen LogP contribution in [0.3, 0.4) is 0 Å². The van der Waals surface area contributed by atoms with Gasteiger partial charge in [0, 0.05) is 11.6 Å². The number of rotatable bonds is 5. The maximum Gasteiger partial charge on any atom is 0.170 e. The Balaban J connectivity index is 2.22. The second-order valence-corrected chi connectivity index (χ2v) is 4.14. The van der Waals surface area contributed by atoms with E-state index < -0.39 is 5.82 Å². The Morgan fingerprint density at radius 3 is 2.67 bits per heavy atom. The summed E-state index contributed by atoms with van der Waals surface area (Å²) >= 11 is 0. The van der Waals surface area contributed by atoms with Crippen LogP contribution >= 0.6 is 0 Å². The van der Waals surface area contributed by atoms with E-state index in [9.17, 15) is 4.39 Å². The number of ether oxygens (including phenoxy) is 2. The first kappa shape index (κ1) is 14.6. The molecule has 0 atom stereocenters. The second kappa shape index (κ2) is 6.60. The number of benzene rings is 2. The molecule has 0 unspecified atom stereocenters. The molecule has 0 aliphatic heterocycles. The predicted molar refractivity (Wildman–Crippen MR) is 76.6 cm³/mol. The van der Waals surface area contributed by atoms with Crippen molar-refractivity contribution in [2.24, 2.45) is 10.9 Å². The van der Waals surface area contributed by atoms with E-state index in [-0.39, 0.29) is 17.1 Å². The zero-order valence-electron chi connectivity index (χ0n) is 11.4. The molecule has 0 aliphatic rings. The van der Waals surface area contributed by atoms with E-state index in [1.807, 2.05) is 6.92 Å². The maximum atomic E-state index is 13.9. The van der Waals surface area contributed by atoms with Gasteiger partial charge in [-0.15, -0.1) is 0 Å². The fourth-order valence-corrected chi connectivity index (χ4v) is 1.72. The summed E-state index contributed by atoms with van der Waals surface area (Å²) in [4.78, 5) is 0. The van der Waals surface area contributed by atoms with Gasteiger partial charge in [0.05, 0.1) is 6.61 Å². The highest BCUT2D eigenvalue weighted by Gasteiger charge is 2.09. The van der Waals surface area contributed by atoms with E-state index in [1.165, 1.54) is 12.1 Å². The molecule has 21 heavy (non-hydrogen) atoms. The van der Waals surface area contributed by atoms with Gasteiger partial charge >= 0.3 is 0 Å². The van der Waals surface area contributed by atoms with Crippen molar-refractivity contribution in [2.75, 3.05) is 6.61 Å². The third-order valence-electron chi connectivity index (χ3n) is 2.68. The SMILES string of the molecule is CCOc1cccc(Oc2ccc(C(N)=NO)cc2F)c1. The highest BCUT2D eigenvalue weighted by Crippen LogP contribution is 2.27. The molecule has 0 fully saturated rings. The van der Waals surface area contributed by atoms with Crippen LogP contribution in [0.5, 0.6) is 17.2 Å². The quantitative estimate of drug-likeness (QED) is 0.384. The summed E-state index contributed by atoms with van der Waals surface area (Å²) in [5.74, 6) is 0.359. The Morgan fingerprint density at radius 1 is 1.24 bits per heavy atom. The van der Waals surface area contributed by atoms with Crippen LogP contribution in [0.2, 0.25) is 0 Å². The van der Waals surface area contributed by atoms with Gasteiger partial charge in [0.25, 0.3) is 0 Å². The summed E-state index contributed by atoms with van der Waals surface area (Å²) in [7, 11) is 0. The van der Waals surface area contributed by atoms with E-state index in [4.69, 9.17) is 20.4 Å². The summed E-state index contributed by atoms with van der Waals surface area (Å²) in [6.45, 7) is 2.41. The van der Waals surface area contributed by atoms with Crippen molar-refractivity contribution in [1.82, 2.24) is 0 Å². The summed E-state index contributed by atoms with van der Waals surface area (Å²) < 4.78 is 24.7. The van der Waals surface area contributed by atoms with E-state index in [0.717, 1.165) is 6.07 Å². The molecule has 0 heterocycles. The average molecular weight is 290 g/mol. The fraction of sp³-hybridized carbons (Fsp3) is 0.133. The van der Waals surface area contributed by atoms with E-state index in [0.29, 0.717) is 18.1 Å². The number of hydrogen-bond acceptors (Lipinski definition) is 4. The maximum absolute atomic E-state index is 13.9. The minimum Gasteiger partial charge on any atom is -0.494 e. The number of hydrogen-bond donors (Lipinski definition) is 2. The lowest BCUT2D eigenvalue weighted by atomic mass is 10.2. The highest BCUT2D eigenvalue weighted by molar-refractivity contribution is 5.97. The van der Waals surface area contributed by atoms with Crippen LogP contribution in [0, 0.1) is 5.82 Å². The number of nitrogens with two attached hydrogens (primary N) is 1. The molecule has 0 spiro atoms. The fourth-order valence-electron chi connectivity index (χ4n) is 1.72. The number of halogens is 1.